The highest BCUT2D eigenvalue weighted by atomic mass is 32.2. The van der Waals surface area contributed by atoms with Gasteiger partial charge in [0.2, 0.25) is 5.13 Å². The maximum atomic E-state index is 4.26. The van der Waals surface area contributed by atoms with Gasteiger partial charge < -0.3 is 10.2 Å². The Morgan fingerprint density at radius 1 is 1.29 bits per heavy atom. The minimum atomic E-state index is 0.477. The fourth-order valence-electron chi connectivity index (χ4n) is 1.78. The summed E-state index contributed by atoms with van der Waals surface area (Å²) in [5, 5.41) is 12.9. The van der Waals surface area contributed by atoms with Gasteiger partial charge in [0.1, 0.15) is 0 Å². The predicted octanol–water partition coefficient (Wildman–Crippen LogP) is 3.56. The number of benzene rings is 1. The lowest BCUT2D eigenvalue weighted by atomic mass is 10.1. The molecule has 6 heteroatoms. The van der Waals surface area contributed by atoms with Crippen LogP contribution in [0.2, 0.25) is 0 Å². The molecule has 1 aromatic heterocycles. The van der Waals surface area contributed by atoms with Gasteiger partial charge in [0, 0.05) is 31.6 Å². The fourth-order valence-corrected chi connectivity index (χ4v) is 3.61. The highest BCUT2D eigenvalue weighted by Crippen LogP contribution is 2.34. The Balaban J connectivity index is 2.17. The van der Waals surface area contributed by atoms with Crippen molar-refractivity contribution in [2.45, 2.75) is 42.6 Å². The largest absolute Gasteiger partial charge is 0.353 e. The molecule has 0 radical (unpaired) electrons. The van der Waals surface area contributed by atoms with Gasteiger partial charge in [-0.25, -0.2) is 0 Å². The molecule has 0 saturated heterocycles. The summed E-state index contributed by atoms with van der Waals surface area (Å²) < 4.78 is 0.980. The molecule has 0 aliphatic rings. The lowest BCUT2D eigenvalue weighted by molar-refractivity contribution is 0.584. The van der Waals surface area contributed by atoms with E-state index in [1.165, 1.54) is 16.0 Å². The van der Waals surface area contributed by atoms with Gasteiger partial charge in [-0.1, -0.05) is 54.6 Å². The highest BCUT2D eigenvalue weighted by Gasteiger charge is 2.11. The number of hydrogen-bond donors (Lipinski definition) is 1. The van der Waals surface area contributed by atoms with E-state index >= 15 is 0 Å². The second-order valence-electron chi connectivity index (χ2n) is 5.49. The van der Waals surface area contributed by atoms with Gasteiger partial charge in [-0.3, -0.25) is 0 Å². The first kappa shape index (κ1) is 16.3. The molecule has 0 spiro atoms. The van der Waals surface area contributed by atoms with E-state index in [0.29, 0.717) is 6.04 Å². The molecule has 0 fully saturated rings. The SMILES string of the molecule is Cc1ccc(Sc2nnc(N(C)C)s2)c(CNC(C)C)c1. The van der Waals surface area contributed by atoms with Crippen LogP contribution >= 0.6 is 23.1 Å². The van der Waals surface area contributed by atoms with Crippen molar-refractivity contribution in [1.82, 2.24) is 15.5 Å². The summed E-state index contributed by atoms with van der Waals surface area (Å²) in [7, 11) is 3.97. The molecule has 0 aliphatic carbocycles. The summed E-state index contributed by atoms with van der Waals surface area (Å²) in [6.45, 7) is 7.33. The third-order valence-corrected chi connectivity index (χ3v) is 5.15. The predicted molar refractivity (Wildman–Crippen MR) is 91.5 cm³/mol. The molecule has 0 aliphatic heterocycles. The van der Waals surface area contributed by atoms with E-state index in [4.69, 9.17) is 0 Å². The Morgan fingerprint density at radius 3 is 2.67 bits per heavy atom. The van der Waals surface area contributed by atoms with E-state index < -0.39 is 0 Å². The molecule has 0 saturated carbocycles. The van der Waals surface area contributed by atoms with E-state index in [1.807, 2.05) is 19.0 Å². The molecule has 0 amide bonds. The molecule has 0 atom stereocenters. The molecular weight excluding hydrogens is 300 g/mol. The molecule has 21 heavy (non-hydrogen) atoms. The summed E-state index contributed by atoms with van der Waals surface area (Å²) >= 11 is 3.31. The summed E-state index contributed by atoms with van der Waals surface area (Å²) in [5.74, 6) is 0. The topological polar surface area (TPSA) is 41.1 Å². The lowest BCUT2D eigenvalue weighted by Gasteiger charge is -2.12. The van der Waals surface area contributed by atoms with Gasteiger partial charge in [0.25, 0.3) is 0 Å². The van der Waals surface area contributed by atoms with Crippen molar-refractivity contribution >= 4 is 28.2 Å². The summed E-state index contributed by atoms with van der Waals surface area (Å²) in [6, 6.07) is 7.04. The number of aryl methyl sites for hydroxylation is 1. The van der Waals surface area contributed by atoms with Crippen LogP contribution < -0.4 is 10.2 Å². The lowest BCUT2D eigenvalue weighted by Crippen LogP contribution is -2.22. The molecule has 0 unspecified atom stereocenters. The van der Waals surface area contributed by atoms with Crippen molar-refractivity contribution < 1.29 is 0 Å². The normalized spacial score (nSPS) is 11.1. The van der Waals surface area contributed by atoms with Crippen LogP contribution in [0.5, 0.6) is 0 Å². The van der Waals surface area contributed by atoms with Crippen molar-refractivity contribution in [2.24, 2.45) is 0 Å². The van der Waals surface area contributed by atoms with Crippen molar-refractivity contribution in [3.63, 3.8) is 0 Å². The Bertz CT molecular complexity index is 593. The van der Waals surface area contributed by atoms with E-state index in [2.05, 4.69) is 54.5 Å². The molecule has 114 valence electrons. The quantitative estimate of drug-likeness (QED) is 0.880. The maximum Gasteiger partial charge on any atom is 0.208 e. The van der Waals surface area contributed by atoms with Crippen LogP contribution in [-0.4, -0.2) is 30.3 Å². The molecule has 0 bridgehead atoms. The second-order valence-corrected chi connectivity index (χ2v) is 7.74. The summed E-state index contributed by atoms with van der Waals surface area (Å²) in [4.78, 5) is 3.23. The van der Waals surface area contributed by atoms with Crippen molar-refractivity contribution in [1.29, 1.82) is 0 Å². The third-order valence-electron chi connectivity index (χ3n) is 2.89. The Kier molecular flexibility index (Phi) is 5.61. The molecule has 2 aromatic rings. The van der Waals surface area contributed by atoms with Crippen molar-refractivity contribution in [2.75, 3.05) is 19.0 Å². The monoisotopic (exact) mass is 322 g/mol. The van der Waals surface area contributed by atoms with E-state index in [9.17, 15) is 0 Å². The molecule has 2 rings (SSSR count). The molecule has 4 nitrogen and oxygen atoms in total. The third kappa shape index (κ3) is 4.69. The second kappa shape index (κ2) is 7.24. The minimum absolute atomic E-state index is 0.477. The van der Waals surface area contributed by atoms with E-state index in [1.54, 1.807) is 23.1 Å². The smallest absolute Gasteiger partial charge is 0.208 e. The zero-order valence-corrected chi connectivity index (χ0v) is 14.8. The van der Waals surface area contributed by atoms with Crippen molar-refractivity contribution in [3.05, 3.63) is 29.3 Å². The van der Waals surface area contributed by atoms with Gasteiger partial charge in [-0.2, -0.15) is 0 Å². The van der Waals surface area contributed by atoms with Crippen LogP contribution in [-0.2, 0) is 6.54 Å². The van der Waals surface area contributed by atoms with Crippen molar-refractivity contribution in [3.8, 4) is 0 Å². The van der Waals surface area contributed by atoms with Gasteiger partial charge in [0.05, 0.1) is 0 Å². The number of hydrogen-bond acceptors (Lipinski definition) is 6. The molecule has 1 aromatic carbocycles. The molecule has 1 N–H and O–H groups in total. The van der Waals surface area contributed by atoms with Gasteiger partial charge in [-0.05, 0) is 18.6 Å². The summed E-state index contributed by atoms with van der Waals surface area (Å²) in [6.07, 6.45) is 0. The average molecular weight is 323 g/mol. The molecule has 1 heterocycles. The van der Waals surface area contributed by atoms with Crippen LogP contribution in [0.4, 0.5) is 5.13 Å². The first-order valence-electron chi connectivity index (χ1n) is 6.97. The zero-order valence-electron chi connectivity index (χ0n) is 13.2. The van der Waals surface area contributed by atoms with Gasteiger partial charge in [0.15, 0.2) is 4.34 Å². The standard InChI is InChI=1S/C15H22N4S2/c1-10(2)16-9-12-8-11(3)6-7-13(12)20-15-18-17-14(21-15)19(4)5/h6-8,10,16H,9H2,1-5H3. The summed E-state index contributed by atoms with van der Waals surface area (Å²) in [5.41, 5.74) is 2.60. The van der Waals surface area contributed by atoms with Crippen LogP contribution in [0.3, 0.4) is 0 Å². The number of rotatable bonds is 6. The Labute approximate surface area is 135 Å². The van der Waals surface area contributed by atoms with Crippen LogP contribution in [0.1, 0.15) is 25.0 Å². The zero-order chi connectivity index (χ0) is 15.4. The average Bonchev–Trinajstić information content (AvgIpc) is 2.87. The van der Waals surface area contributed by atoms with Crippen LogP contribution in [0, 0.1) is 6.92 Å². The van der Waals surface area contributed by atoms with Crippen LogP contribution in [0.25, 0.3) is 0 Å². The van der Waals surface area contributed by atoms with E-state index in [-0.39, 0.29) is 0 Å². The number of nitrogens with zero attached hydrogens (tertiary/aromatic N) is 3. The number of aromatic nitrogens is 2. The highest BCUT2D eigenvalue weighted by molar-refractivity contribution is 8.01. The van der Waals surface area contributed by atoms with E-state index in [0.717, 1.165) is 16.0 Å². The first-order chi connectivity index (χ1) is 9.95. The van der Waals surface area contributed by atoms with Crippen LogP contribution in [0.15, 0.2) is 27.4 Å². The number of anilines is 1. The minimum Gasteiger partial charge on any atom is -0.353 e. The number of nitrogens with one attached hydrogen (secondary N) is 1. The molecular formula is C15H22N4S2. The van der Waals surface area contributed by atoms with Gasteiger partial charge in [-0.15, -0.1) is 10.2 Å². The maximum absolute atomic E-state index is 4.26. The van der Waals surface area contributed by atoms with Gasteiger partial charge >= 0.3 is 0 Å². The fraction of sp³-hybridized carbons (Fsp3) is 0.467. The Morgan fingerprint density at radius 2 is 2.05 bits per heavy atom. The Hall–Kier alpha value is -1.11. The first-order valence-corrected chi connectivity index (χ1v) is 8.60.